The number of amides is 2. The zero-order valence-corrected chi connectivity index (χ0v) is 14.9. The lowest BCUT2D eigenvalue weighted by Gasteiger charge is -2.22. The van der Waals surface area contributed by atoms with Crippen molar-refractivity contribution in [3.63, 3.8) is 0 Å². The average molecular weight is 390 g/mol. The number of carbonyl (C=O) groups excluding carboxylic acids is 2. The zero-order chi connectivity index (χ0) is 20.3. The molecule has 0 atom stereocenters. The van der Waals surface area contributed by atoms with E-state index < -0.39 is 35.0 Å². The van der Waals surface area contributed by atoms with Gasteiger partial charge in [0, 0.05) is 11.9 Å². The molecule has 0 aliphatic rings. The maximum absolute atomic E-state index is 13.7. The number of rotatable bonds is 6. The van der Waals surface area contributed by atoms with Crippen LogP contribution in [-0.2, 0) is 4.79 Å². The van der Waals surface area contributed by atoms with Crippen LogP contribution in [-0.4, -0.2) is 40.0 Å². The Balaban J connectivity index is 1.79. The van der Waals surface area contributed by atoms with Gasteiger partial charge in [-0.1, -0.05) is 19.1 Å². The highest BCUT2D eigenvalue weighted by molar-refractivity contribution is 6.07. The molecule has 0 unspecified atom stereocenters. The number of nitrogens with zero attached hydrogens (tertiary/aromatic N) is 2. The van der Waals surface area contributed by atoms with Crippen molar-refractivity contribution in [3.05, 3.63) is 59.5 Å². The predicted octanol–water partition coefficient (Wildman–Crippen LogP) is 3.47. The minimum absolute atomic E-state index is 0.275. The summed E-state index contributed by atoms with van der Waals surface area (Å²) in [6.45, 7) is 1.73. The Morgan fingerprint density at radius 1 is 1.14 bits per heavy atom. The number of hydrogen-bond acceptors (Lipinski definition) is 3. The molecule has 0 aliphatic heterocycles. The molecule has 0 aliphatic carbocycles. The highest BCUT2D eigenvalue weighted by Gasteiger charge is 2.22. The van der Waals surface area contributed by atoms with Gasteiger partial charge in [0.05, 0.1) is 23.0 Å². The first-order valence-electron chi connectivity index (χ1n) is 8.57. The van der Waals surface area contributed by atoms with E-state index in [9.17, 15) is 22.8 Å². The smallest absolute Gasteiger partial charge is 0.256 e. The maximum Gasteiger partial charge on any atom is 0.256 e. The molecule has 0 fully saturated rings. The lowest BCUT2D eigenvalue weighted by Crippen LogP contribution is -2.38. The van der Waals surface area contributed by atoms with Gasteiger partial charge in [-0.3, -0.25) is 14.7 Å². The van der Waals surface area contributed by atoms with Crippen molar-refractivity contribution in [1.82, 2.24) is 15.1 Å². The summed E-state index contributed by atoms with van der Waals surface area (Å²) in [5.74, 6) is -5.67. The van der Waals surface area contributed by atoms with Gasteiger partial charge < -0.3 is 10.2 Å². The number of anilines is 1. The van der Waals surface area contributed by atoms with Crippen LogP contribution in [0.4, 0.5) is 18.9 Å². The van der Waals surface area contributed by atoms with Crippen LogP contribution in [0.15, 0.2) is 36.5 Å². The Hall–Kier alpha value is -3.36. The summed E-state index contributed by atoms with van der Waals surface area (Å²) >= 11 is 0. The minimum Gasteiger partial charge on any atom is -0.329 e. The van der Waals surface area contributed by atoms with Crippen LogP contribution in [0.3, 0.4) is 0 Å². The molecule has 146 valence electrons. The molecule has 6 nitrogen and oxygen atoms in total. The van der Waals surface area contributed by atoms with Crippen LogP contribution in [0.2, 0.25) is 0 Å². The SMILES string of the molecule is CCCN(CC(=O)Nc1ccc(F)c(F)c1F)C(=O)c1cccc2cn[nH]c12. The summed E-state index contributed by atoms with van der Waals surface area (Å²) in [5, 5.41) is 9.58. The second-order valence-corrected chi connectivity index (χ2v) is 6.14. The lowest BCUT2D eigenvalue weighted by molar-refractivity contribution is -0.116. The van der Waals surface area contributed by atoms with Crippen LogP contribution >= 0.6 is 0 Å². The second kappa shape index (κ2) is 8.12. The van der Waals surface area contributed by atoms with Gasteiger partial charge in [0.1, 0.15) is 6.54 Å². The summed E-state index contributed by atoms with van der Waals surface area (Å²) in [5.41, 5.74) is 0.388. The summed E-state index contributed by atoms with van der Waals surface area (Å²) in [6, 6.07) is 6.73. The Morgan fingerprint density at radius 3 is 2.68 bits per heavy atom. The largest absolute Gasteiger partial charge is 0.329 e. The monoisotopic (exact) mass is 390 g/mol. The fraction of sp³-hybridized carbons (Fsp3) is 0.211. The summed E-state index contributed by atoms with van der Waals surface area (Å²) in [6.07, 6.45) is 2.16. The van der Waals surface area contributed by atoms with Crippen LogP contribution in [0.25, 0.3) is 10.9 Å². The van der Waals surface area contributed by atoms with E-state index in [1.54, 1.807) is 24.4 Å². The first-order chi connectivity index (χ1) is 13.4. The number of aromatic amines is 1. The van der Waals surface area contributed by atoms with Gasteiger partial charge in [0.25, 0.3) is 5.91 Å². The van der Waals surface area contributed by atoms with Gasteiger partial charge in [-0.15, -0.1) is 0 Å². The van der Waals surface area contributed by atoms with Crippen molar-refractivity contribution in [2.45, 2.75) is 13.3 Å². The standard InChI is InChI=1S/C19H17F3N4O2/c1-2-8-26(19(28)12-5-3-4-11-9-23-25-18(11)12)10-15(27)24-14-7-6-13(20)16(21)17(14)22/h3-7,9H,2,8,10H2,1H3,(H,23,25)(H,24,27). The van der Waals surface area contributed by atoms with Crippen molar-refractivity contribution in [2.75, 3.05) is 18.4 Å². The Labute approximate surface area is 158 Å². The first kappa shape index (κ1) is 19.4. The molecule has 0 saturated heterocycles. The topological polar surface area (TPSA) is 78.1 Å². The van der Waals surface area contributed by atoms with Gasteiger partial charge in [-0.25, -0.2) is 13.2 Å². The van der Waals surface area contributed by atoms with Crippen molar-refractivity contribution < 1.29 is 22.8 Å². The summed E-state index contributed by atoms with van der Waals surface area (Å²) in [4.78, 5) is 26.5. The highest BCUT2D eigenvalue weighted by Crippen LogP contribution is 2.20. The minimum atomic E-state index is -1.68. The van der Waals surface area contributed by atoms with Crippen LogP contribution in [0.5, 0.6) is 0 Å². The highest BCUT2D eigenvalue weighted by atomic mass is 19.2. The molecule has 3 aromatic rings. The molecular weight excluding hydrogens is 373 g/mol. The normalized spacial score (nSPS) is 10.9. The third-order valence-corrected chi connectivity index (χ3v) is 4.13. The molecule has 0 saturated carbocycles. The first-order valence-corrected chi connectivity index (χ1v) is 8.57. The van der Waals surface area contributed by atoms with E-state index in [0.717, 1.165) is 11.5 Å². The molecule has 2 aromatic carbocycles. The van der Waals surface area contributed by atoms with Gasteiger partial charge in [-0.05, 0) is 24.6 Å². The number of benzene rings is 2. The van der Waals surface area contributed by atoms with Crippen molar-refractivity contribution in [1.29, 1.82) is 0 Å². The molecule has 0 spiro atoms. The van der Waals surface area contributed by atoms with Crippen molar-refractivity contribution in [2.24, 2.45) is 0 Å². The number of halogens is 3. The lowest BCUT2D eigenvalue weighted by atomic mass is 10.1. The van der Waals surface area contributed by atoms with Gasteiger partial charge in [-0.2, -0.15) is 5.10 Å². The summed E-state index contributed by atoms with van der Waals surface area (Å²) < 4.78 is 40.1. The zero-order valence-electron chi connectivity index (χ0n) is 14.9. The molecule has 28 heavy (non-hydrogen) atoms. The molecule has 2 N–H and O–H groups in total. The fourth-order valence-electron chi connectivity index (χ4n) is 2.83. The molecular formula is C19H17F3N4O2. The number of hydrogen-bond donors (Lipinski definition) is 2. The number of carbonyl (C=O) groups is 2. The molecule has 2 amide bonds. The van der Waals surface area contributed by atoms with E-state index in [-0.39, 0.29) is 13.1 Å². The van der Waals surface area contributed by atoms with Gasteiger partial charge >= 0.3 is 0 Å². The van der Waals surface area contributed by atoms with E-state index in [0.29, 0.717) is 23.6 Å². The number of fused-ring (bicyclic) bond motifs is 1. The Kier molecular flexibility index (Phi) is 5.62. The van der Waals surface area contributed by atoms with Gasteiger partial charge in [0.2, 0.25) is 5.91 Å². The van der Waals surface area contributed by atoms with E-state index >= 15 is 0 Å². The van der Waals surface area contributed by atoms with E-state index in [1.807, 2.05) is 6.92 Å². The predicted molar refractivity (Wildman–Crippen MR) is 97.2 cm³/mol. The quantitative estimate of drug-likeness (QED) is 0.633. The maximum atomic E-state index is 13.7. The second-order valence-electron chi connectivity index (χ2n) is 6.14. The third kappa shape index (κ3) is 3.83. The van der Waals surface area contributed by atoms with E-state index in [2.05, 4.69) is 15.5 Å². The summed E-state index contributed by atoms with van der Waals surface area (Å²) in [7, 11) is 0. The molecule has 1 heterocycles. The number of aromatic nitrogens is 2. The molecule has 0 bridgehead atoms. The van der Waals surface area contributed by atoms with E-state index in [4.69, 9.17) is 0 Å². The molecule has 9 heteroatoms. The molecule has 3 rings (SSSR count). The molecule has 1 aromatic heterocycles. The average Bonchev–Trinajstić information content (AvgIpc) is 3.16. The van der Waals surface area contributed by atoms with Gasteiger partial charge in [0.15, 0.2) is 17.5 Å². The number of H-pyrrole nitrogens is 1. The van der Waals surface area contributed by atoms with Crippen molar-refractivity contribution in [3.8, 4) is 0 Å². The van der Waals surface area contributed by atoms with Crippen LogP contribution in [0, 0.1) is 17.5 Å². The van der Waals surface area contributed by atoms with Crippen LogP contribution < -0.4 is 5.32 Å². The van der Waals surface area contributed by atoms with Crippen LogP contribution in [0.1, 0.15) is 23.7 Å². The Bertz CT molecular complexity index is 1040. The van der Waals surface area contributed by atoms with Crippen molar-refractivity contribution >= 4 is 28.4 Å². The Morgan fingerprint density at radius 2 is 1.93 bits per heavy atom. The number of nitrogens with one attached hydrogen (secondary N) is 2. The van der Waals surface area contributed by atoms with E-state index in [1.165, 1.54) is 4.90 Å². The third-order valence-electron chi connectivity index (χ3n) is 4.13. The fourth-order valence-corrected chi connectivity index (χ4v) is 2.83. The molecule has 0 radical (unpaired) electrons. The number of para-hydroxylation sites is 1.